The molecule has 0 aliphatic heterocycles. The van der Waals surface area contributed by atoms with Crippen LogP contribution in [0.15, 0.2) is 18.2 Å². The van der Waals surface area contributed by atoms with Gasteiger partial charge in [0.2, 0.25) is 0 Å². The monoisotopic (exact) mass is 282 g/mol. The van der Waals surface area contributed by atoms with Gasteiger partial charge in [-0.15, -0.1) is 0 Å². The zero-order valence-electron chi connectivity index (χ0n) is 11.8. The largest absolute Gasteiger partial charge is 0.478 e. The van der Waals surface area contributed by atoms with E-state index in [0.717, 1.165) is 31.0 Å². The minimum absolute atomic E-state index is 0.0652. The standard InChI is InChI=1S/C14H19FN2O3/c1-4-14(3,5-2)17-13(20)16-11-8-9(15)6-7-10(11)12(18)19/h6-8H,4-5H2,1-3H3,(H,18,19)(H2,16,17,20). The molecule has 0 fully saturated rings. The Morgan fingerprint density at radius 1 is 1.30 bits per heavy atom. The normalized spacial score (nSPS) is 11.0. The van der Waals surface area contributed by atoms with Gasteiger partial charge >= 0.3 is 12.0 Å². The van der Waals surface area contributed by atoms with Crippen molar-refractivity contribution in [2.75, 3.05) is 5.32 Å². The molecule has 1 aromatic rings. The first-order valence-electron chi connectivity index (χ1n) is 6.43. The second-order valence-electron chi connectivity index (χ2n) is 4.84. The van der Waals surface area contributed by atoms with Gasteiger partial charge in [-0.25, -0.2) is 14.0 Å². The lowest BCUT2D eigenvalue weighted by Gasteiger charge is -2.28. The zero-order chi connectivity index (χ0) is 15.3. The number of hydrogen-bond donors (Lipinski definition) is 3. The quantitative estimate of drug-likeness (QED) is 0.775. The number of carboxylic acids is 1. The third kappa shape index (κ3) is 3.94. The van der Waals surface area contributed by atoms with Crippen molar-refractivity contribution in [2.24, 2.45) is 0 Å². The number of halogens is 1. The van der Waals surface area contributed by atoms with Crippen molar-refractivity contribution in [1.29, 1.82) is 0 Å². The van der Waals surface area contributed by atoms with Crippen LogP contribution < -0.4 is 10.6 Å². The molecule has 20 heavy (non-hydrogen) atoms. The maximum Gasteiger partial charge on any atom is 0.337 e. The summed E-state index contributed by atoms with van der Waals surface area (Å²) in [6.07, 6.45) is 1.46. The lowest BCUT2D eigenvalue weighted by Crippen LogP contribution is -2.47. The number of amides is 2. The molecule has 5 nitrogen and oxygen atoms in total. The molecule has 110 valence electrons. The summed E-state index contributed by atoms with van der Waals surface area (Å²) in [6, 6.07) is 2.59. The van der Waals surface area contributed by atoms with Gasteiger partial charge in [-0.2, -0.15) is 0 Å². The van der Waals surface area contributed by atoms with E-state index in [1.165, 1.54) is 0 Å². The molecule has 0 saturated carbocycles. The molecule has 0 aromatic heterocycles. The highest BCUT2D eigenvalue weighted by molar-refractivity contribution is 6.00. The number of carboxylic acid groups (broad SMARTS) is 1. The molecule has 1 rings (SSSR count). The molecular formula is C14H19FN2O3. The number of urea groups is 1. The molecule has 0 radical (unpaired) electrons. The van der Waals surface area contributed by atoms with Gasteiger partial charge in [0.25, 0.3) is 0 Å². The summed E-state index contributed by atoms with van der Waals surface area (Å²) in [5.41, 5.74) is -0.610. The Bertz CT molecular complexity index is 513. The van der Waals surface area contributed by atoms with Crippen molar-refractivity contribution < 1.29 is 19.1 Å². The minimum Gasteiger partial charge on any atom is -0.478 e. The van der Waals surface area contributed by atoms with Crippen molar-refractivity contribution in [1.82, 2.24) is 5.32 Å². The van der Waals surface area contributed by atoms with Gasteiger partial charge < -0.3 is 15.7 Å². The van der Waals surface area contributed by atoms with Gasteiger partial charge in [0, 0.05) is 5.54 Å². The molecule has 0 bridgehead atoms. The molecule has 0 atom stereocenters. The summed E-state index contributed by atoms with van der Waals surface area (Å²) < 4.78 is 13.2. The molecule has 0 saturated heterocycles. The minimum atomic E-state index is -1.23. The van der Waals surface area contributed by atoms with Crippen LogP contribution in [0.1, 0.15) is 44.0 Å². The summed E-state index contributed by atoms with van der Waals surface area (Å²) in [5, 5.41) is 14.1. The van der Waals surface area contributed by atoms with E-state index in [-0.39, 0.29) is 16.8 Å². The van der Waals surface area contributed by atoms with E-state index in [1.54, 1.807) is 0 Å². The molecule has 0 aliphatic rings. The molecule has 1 aromatic carbocycles. The highest BCUT2D eigenvalue weighted by Crippen LogP contribution is 2.18. The SMILES string of the molecule is CCC(C)(CC)NC(=O)Nc1cc(F)ccc1C(=O)O. The first kappa shape index (κ1) is 15.9. The fraction of sp³-hybridized carbons (Fsp3) is 0.429. The summed E-state index contributed by atoms with van der Waals surface area (Å²) in [7, 11) is 0. The number of carbonyl (C=O) groups excluding carboxylic acids is 1. The van der Waals surface area contributed by atoms with E-state index in [9.17, 15) is 14.0 Å². The molecule has 0 heterocycles. The van der Waals surface area contributed by atoms with E-state index in [1.807, 2.05) is 20.8 Å². The van der Waals surface area contributed by atoms with Crippen LogP contribution in [0.5, 0.6) is 0 Å². The first-order valence-corrected chi connectivity index (χ1v) is 6.43. The summed E-state index contributed by atoms with van der Waals surface area (Å²) in [4.78, 5) is 22.9. The third-order valence-corrected chi connectivity index (χ3v) is 3.44. The lowest BCUT2D eigenvalue weighted by molar-refractivity contribution is 0.0698. The zero-order valence-corrected chi connectivity index (χ0v) is 11.8. The van der Waals surface area contributed by atoms with Crippen molar-refractivity contribution in [3.05, 3.63) is 29.6 Å². The number of aromatic carboxylic acids is 1. The third-order valence-electron chi connectivity index (χ3n) is 3.44. The predicted molar refractivity (Wildman–Crippen MR) is 74.5 cm³/mol. The van der Waals surface area contributed by atoms with E-state index < -0.39 is 17.8 Å². The van der Waals surface area contributed by atoms with Crippen LogP contribution in [0, 0.1) is 5.82 Å². The molecule has 0 unspecified atom stereocenters. The fourth-order valence-electron chi connectivity index (χ4n) is 1.66. The Hall–Kier alpha value is -2.11. The van der Waals surface area contributed by atoms with Crippen LogP contribution >= 0.6 is 0 Å². The molecule has 0 aliphatic carbocycles. The topological polar surface area (TPSA) is 78.4 Å². The van der Waals surface area contributed by atoms with Crippen LogP contribution in [-0.2, 0) is 0 Å². The predicted octanol–water partition coefficient (Wildman–Crippen LogP) is 3.22. The Morgan fingerprint density at radius 2 is 1.90 bits per heavy atom. The van der Waals surface area contributed by atoms with Gasteiger partial charge in [-0.3, -0.25) is 0 Å². The van der Waals surface area contributed by atoms with Crippen molar-refractivity contribution in [3.8, 4) is 0 Å². The van der Waals surface area contributed by atoms with Gasteiger partial charge in [0.1, 0.15) is 5.82 Å². The average Bonchev–Trinajstić information content (AvgIpc) is 2.38. The van der Waals surface area contributed by atoms with Crippen LogP contribution in [0.3, 0.4) is 0 Å². The average molecular weight is 282 g/mol. The summed E-state index contributed by atoms with van der Waals surface area (Å²) in [5.74, 6) is -1.84. The number of rotatable bonds is 5. The molecule has 0 spiro atoms. The summed E-state index contributed by atoms with van der Waals surface area (Å²) >= 11 is 0. The second-order valence-corrected chi connectivity index (χ2v) is 4.84. The van der Waals surface area contributed by atoms with Crippen LogP contribution in [0.25, 0.3) is 0 Å². The number of benzene rings is 1. The molecular weight excluding hydrogens is 263 g/mol. The van der Waals surface area contributed by atoms with Gasteiger partial charge in [0.05, 0.1) is 11.3 Å². The highest BCUT2D eigenvalue weighted by atomic mass is 19.1. The smallest absolute Gasteiger partial charge is 0.337 e. The lowest BCUT2D eigenvalue weighted by atomic mass is 9.96. The maximum absolute atomic E-state index is 13.2. The number of hydrogen-bond acceptors (Lipinski definition) is 2. The van der Waals surface area contributed by atoms with Crippen LogP contribution in [0.2, 0.25) is 0 Å². The van der Waals surface area contributed by atoms with E-state index in [4.69, 9.17) is 5.11 Å². The Labute approximate surface area is 117 Å². The second kappa shape index (κ2) is 6.36. The van der Waals surface area contributed by atoms with E-state index in [2.05, 4.69) is 10.6 Å². The number of nitrogens with one attached hydrogen (secondary N) is 2. The maximum atomic E-state index is 13.2. The highest BCUT2D eigenvalue weighted by Gasteiger charge is 2.22. The molecule has 2 amide bonds. The molecule has 6 heteroatoms. The van der Waals surface area contributed by atoms with Gasteiger partial charge in [0.15, 0.2) is 0 Å². The summed E-state index contributed by atoms with van der Waals surface area (Å²) in [6.45, 7) is 5.76. The number of carbonyl (C=O) groups is 2. The van der Waals surface area contributed by atoms with Gasteiger partial charge in [-0.05, 0) is 38.0 Å². The van der Waals surface area contributed by atoms with Crippen LogP contribution in [-0.4, -0.2) is 22.6 Å². The van der Waals surface area contributed by atoms with Crippen LogP contribution in [0.4, 0.5) is 14.9 Å². The molecule has 3 N–H and O–H groups in total. The Kier molecular flexibility index (Phi) is 5.07. The number of anilines is 1. The van der Waals surface area contributed by atoms with Crippen molar-refractivity contribution >= 4 is 17.7 Å². The Balaban J connectivity index is 2.90. The van der Waals surface area contributed by atoms with Crippen molar-refractivity contribution in [3.63, 3.8) is 0 Å². The van der Waals surface area contributed by atoms with Gasteiger partial charge in [-0.1, -0.05) is 13.8 Å². The van der Waals surface area contributed by atoms with E-state index >= 15 is 0 Å². The van der Waals surface area contributed by atoms with E-state index in [0.29, 0.717) is 0 Å². The first-order chi connectivity index (χ1) is 9.31. The fourth-order valence-corrected chi connectivity index (χ4v) is 1.66. The van der Waals surface area contributed by atoms with Crippen molar-refractivity contribution in [2.45, 2.75) is 39.2 Å². The Morgan fingerprint density at radius 3 is 2.40 bits per heavy atom.